The number of rotatable bonds is 5. The summed E-state index contributed by atoms with van der Waals surface area (Å²) < 4.78 is 28.7. The van der Waals surface area contributed by atoms with E-state index in [1.165, 1.54) is 12.1 Å². The molecule has 0 bridgehead atoms. The summed E-state index contributed by atoms with van der Waals surface area (Å²) in [6, 6.07) is 12.0. The van der Waals surface area contributed by atoms with Gasteiger partial charge in [-0.05, 0) is 49.2 Å². The Labute approximate surface area is 144 Å². The highest BCUT2D eigenvalue weighted by Crippen LogP contribution is 2.23. The number of hydrogen-bond donors (Lipinski definition) is 1. The van der Waals surface area contributed by atoms with E-state index in [0.717, 1.165) is 31.6 Å². The van der Waals surface area contributed by atoms with Gasteiger partial charge < -0.3 is 15.0 Å². The maximum atomic E-state index is 12.2. The van der Waals surface area contributed by atoms with Crippen LogP contribution < -0.4 is 15.0 Å². The van der Waals surface area contributed by atoms with Crippen molar-refractivity contribution in [2.45, 2.75) is 25.5 Å². The van der Waals surface area contributed by atoms with Gasteiger partial charge in [0.1, 0.15) is 11.4 Å². The molecule has 0 radical (unpaired) electrons. The quantitative estimate of drug-likeness (QED) is 0.903. The first-order valence-electron chi connectivity index (χ1n) is 8.13. The Balaban J connectivity index is 1.51. The smallest absolute Gasteiger partial charge is 0.387 e. The number of aromatic nitrogens is 1. The zero-order valence-electron chi connectivity index (χ0n) is 13.6. The third-order valence-corrected chi connectivity index (χ3v) is 4.15. The van der Waals surface area contributed by atoms with E-state index < -0.39 is 6.61 Å². The van der Waals surface area contributed by atoms with Crippen LogP contribution in [-0.4, -0.2) is 36.6 Å². The van der Waals surface area contributed by atoms with Crippen LogP contribution in [-0.2, 0) is 0 Å². The van der Waals surface area contributed by atoms with Crippen molar-refractivity contribution in [2.75, 3.05) is 18.0 Å². The Morgan fingerprint density at radius 3 is 2.48 bits per heavy atom. The zero-order valence-corrected chi connectivity index (χ0v) is 13.6. The van der Waals surface area contributed by atoms with E-state index in [9.17, 15) is 13.6 Å². The summed E-state index contributed by atoms with van der Waals surface area (Å²) in [5, 5.41) is 3.01. The standard InChI is InChI=1S/C18H19F2N3O2/c19-18(20)25-15-6-4-14(5-7-15)23-11-8-13(9-12-23)22-17(24)16-3-1-2-10-21-16/h1-7,10,13,18H,8-9,11-12H2,(H,22,24). The highest BCUT2D eigenvalue weighted by molar-refractivity contribution is 5.92. The molecule has 25 heavy (non-hydrogen) atoms. The molecule has 1 aromatic heterocycles. The van der Waals surface area contributed by atoms with Crippen molar-refractivity contribution in [3.63, 3.8) is 0 Å². The van der Waals surface area contributed by atoms with Crippen molar-refractivity contribution >= 4 is 11.6 Å². The van der Waals surface area contributed by atoms with Crippen molar-refractivity contribution in [3.8, 4) is 5.75 Å². The van der Waals surface area contributed by atoms with Gasteiger partial charge in [0.25, 0.3) is 5.91 Å². The molecular weight excluding hydrogens is 328 g/mol. The van der Waals surface area contributed by atoms with Crippen molar-refractivity contribution < 1.29 is 18.3 Å². The van der Waals surface area contributed by atoms with E-state index in [0.29, 0.717) is 5.69 Å². The van der Waals surface area contributed by atoms with Crippen LogP contribution in [0.2, 0.25) is 0 Å². The minimum atomic E-state index is -2.82. The summed E-state index contributed by atoms with van der Waals surface area (Å²) in [5.41, 5.74) is 1.37. The number of ether oxygens (including phenoxy) is 1. The maximum absolute atomic E-state index is 12.2. The number of anilines is 1. The first kappa shape index (κ1) is 17.1. The third-order valence-electron chi connectivity index (χ3n) is 4.15. The van der Waals surface area contributed by atoms with E-state index in [2.05, 4.69) is 19.9 Å². The van der Waals surface area contributed by atoms with Gasteiger partial charge in [-0.2, -0.15) is 8.78 Å². The number of carbonyl (C=O) groups excluding carboxylic acids is 1. The molecule has 3 rings (SSSR count). The van der Waals surface area contributed by atoms with Gasteiger partial charge in [0.05, 0.1) is 0 Å². The Morgan fingerprint density at radius 2 is 1.88 bits per heavy atom. The molecule has 0 aliphatic carbocycles. The monoisotopic (exact) mass is 347 g/mol. The van der Waals surface area contributed by atoms with Gasteiger partial charge in [-0.15, -0.1) is 0 Å². The third kappa shape index (κ3) is 4.65. The number of nitrogens with zero attached hydrogens (tertiary/aromatic N) is 2. The lowest BCUT2D eigenvalue weighted by atomic mass is 10.0. The number of benzene rings is 1. The number of nitrogens with one attached hydrogen (secondary N) is 1. The first-order chi connectivity index (χ1) is 12.1. The van der Waals surface area contributed by atoms with Crippen LogP contribution in [0.5, 0.6) is 5.75 Å². The van der Waals surface area contributed by atoms with E-state index in [1.54, 1.807) is 36.5 Å². The van der Waals surface area contributed by atoms with Crippen LogP contribution in [0, 0.1) is 0 Å². The Kier molecular flexibility index (Phi) is 5.42. The van der Waals surface area contributed by atoms with Gasteiger partial charge in [-0.25, -0.2) is 0 Å². The fourth-order valence-electron chi connectivity index (χ4n) is 2.88. The Hall–Kier alpha value is -2.70. The molecule has 0 atom stereocenters. The number of carbonyl (C=O) groups is 1. The molecule has 0 saturated carbocycles. The Bertz CT molecular complexity index is 687. The molecule has 0 unspecified atom stereocenters. The summed E-state index contributed by atoms with van der Waals surface area (Å²) in [5.74, 6) is -0.0104. The highest BCUT2D eigenvalue weighted by Gasteiger charge is 2.21. The summed E-state index contributed by atoms with van der Waals surface area (Å²) in [7, 11) is 0. The molecular formula is C18H19F2N3O2. The normalized spacial score (nSPS) is 15.2. The lowest BCUT2D eigenvalue weighted by Crippen LogP contribution is -2.44. The van der Waals surface area contributed by atoms with Crippen LogP contribution in [0.4, 0.5) is 14.5 Å². The van der Waals surface area contributed by atoms with Crippen LogP contribution >= 0.6 is 0 Å². The van der Waals surface area contributed by atoms with Crippen molar-refractivity contribution in [1.29, 1.82) is 0 Å². The van der Waals surface area contributed by atoms with Crippen molar-refractivity contribution in [2.24, 2.45) is 0 Å². The minimum Gasteiger partial charge on any atom is -0.435 e. The van der Waals surface area contributed by atoms with Crippen molar-refractivity contribution in [1.82, 2.24) is 10.3 Å². The van der Waals surface area contributed by atoms with Crippen molar-refractivity contribution in [3.05, 3.63) is 54.4 Å². The zero-order chi connectivity index (χ0) is 17.6. The lowest BCUT2D eigenvalue weighted by Gasteiger charge is -2.34. The Morgan fingerprint density at radius 1 is 1.16 bits per heavy atom. The van der Waals surface area contributed by atoms with Crippen LogP contribution in [0.25, 0.3) is 0 Å². The number of halogens is 2. The van der Waals surface area contributed by atoms with Gasteiger partial charge in [-0.1, -0.05) is 6.07 Å². The number of piperidine rings is 1. The molecule has 1 saturated heterocycles. The van der Waals surface area contributed by atoms with Gasteiger partial charge >= 0.3 is 6.61 Å². The molecule has 5 nitrogen and oxygen atoms in total. The predicted octanol–water partition coefficient (Wildman–Crippen LogP) is 3.08. The van der Waals surface area contributed by atoms with Gasteiger partial charge in [0.2, 0.25) is 0 Å². The van der Waals surface area contributed by atoms with E-state index in [4.69, 9.17) is 0 Å². The number of alkyl halides is 2. The number of hydrogen-bond acceptors (Lipinski definition) is 4. The SMILES string of the molecule is O=C(NC1CCN(c2ccc(OC(F)F)cc2)CC1)c1ccccn1. The molecule has 1 aliphatic heterocycles. The fraction of sp³-hybridized carbons (Fsp3) is 0.333. The van der Waals surface area contributed by atoms with Gasteiger partial charge in [-0.3, -0.25) is 9.78 Å². The minimum absolute atomic E-state index is 0.104. The first-order valence-corrected chi connectivity index (χ1v) is 8.13. The average Bonchev–Trinajstić information content (AvgIpc) is 2.63. The van der Waals surface area contributed by atoms with Crippen LogP contribution in [0.15, 0.2) is 48.7 Å². The summed E-state index contributed by atoms with van der Waals surface area (Å²) in [6.45, 7) is -1.26. The molecule has 1 fully saturated rings. The van der Waals surface area contributed by atoms with Crippen LogP contribution in [0.3, 0.4) is 0 Å². The summed E-state index contributed by atoms with van der Waals surface area (Å²) >= 11 is 0. The van der Waals surface area contributed by atoms with Gasteiger partial charge in [0.15, 0.2) is 0 Å². The summed E-state index contributed by atoms with van der Waals surface area (Å²) in [6.07, 6.45) is 3.22. The maximum Gasteiger partial charge on any atom is 0.387 e. The number of amides is 1. The molecule has 1 aromatic carbocycles. The second kappa shape index (κ2) is 7.92. The van der Waals surface area contributed by atoms with E-state index in [-0.39, 0.29) is 17.7 Å². The average molecular weight is 347 g/mol. The van der Waals surface area contributed by atoms with E-state index >= 15 is 0 Å². The van der Waals surface area contributed by atoms with Gasteiger partial charge in [0, 0.05) is 31.0 Å². The van der Waals surface area contributed by atoms with Crippen LogP contribution in [0.1, 0.15) is 23.3 Å². The number of pyridine rings is 1. The summed E-state index contributed by atoms with van der Waals surface area (Å²) in [4.78, 5) is 18.3. The molecule has 0 spiro atoms. The fourth-order valence-corrected chi connectivity index (χ4v) is 2.88. The van der Waals surface area contributed by atoms with E-state index in [1.807, 2.05) is 0 Å². The molecule has 1 aliphatic rings. The molecule has 7 heteroatoms. The molecule has 1 amide bonds. The topological polar surface area (TPSA) is 54.5 Å². The molecule has 132 valence electrons. The second-order valence-electron chi connectivity index (χ2n) is 5.82. The molecule has 1 N–H and O–H groups in total. The second-order valence-corrected chi connectivity index (χ2v) is 5.82. The highest BCUT2D eigenvalue weighted by atomic mass is 19.3. The lowest BCUT2D eigenvalue weighted by molar-refractivity contribution is -0.0498. The molecule has 2 heterocycles. The molecule has 2 aromatic rings. The largest absolute Gasteiger partial charge is 0.435 e. The predicted molar refractivity (Wildman–Crippen MR) is 90.0 cm³/mol.